The number of aromatic nitrogens is 3. The summed E-state index contributed by atoms with van der Waals surface area (Å²) in [6.45, 7) is -0.432. The summed E-state index contributed by atoms with van der Waals surface area (Å²) in [6.07, 6.45) is 0. The maximum Gasteiger partial charge on any atom is 0.329 e. The van der Waals surface area contributed by atoms with E-state index < -0.39 is 23.7 Å². The fourth-order valence-electron chi connectivity index (χ4n) is 2.61. The highest BCUT2D eigenvalue weighted by Crippen LogP contribution is 2.38. The first-order chi connectivity index (χ1) is 13.4. The van der Waals surface area contributed by atoms with Crippen molar-refractivity contribution in [3.8, 4) is 11.3 Å². The first-order valence-electron chi connectivity index (χ1n) is 7.85. The van der Waals surface area contributed by atoms with Crippen molar-refractivity contribution in [3.05, 3.63) is 65.2 Å². The second-order valence-corrected chi connectivity index (χ2v) is 8.83. The van der Waals surface area contributed by atoms with Crippen LogP contribution in [0, 0.1) is 0 Å². The Morgan fingerprint density at radius 3 is 2.79 bits per heavy atom. The van der Waals surface area contributed by atoms with E-state index >= 15 is 0 Å². The van der Waals surface area contributed by atoms with Gasteiger partial charge in [0.2, 0.25) is 5.91 Å². The van der Waals surface area contributed by atoms with Crippen LogP contribution in [0.2, 0.25) is 8.67 Å². The third-order valence-electron chi connectivity index (χ3n) is 3.87. The molecule has 0 aliphatic carbocycles. The molecule has 142 valence electrons. The van der Waals surface area contributed by atoms with Gasteiger partial charge in [-0.05, 0) is 18.2 Å². The number of thiophene rings is 1. The molecule has 28 heavy (non-hydrogen) atoms. The standard InChI is InChI=1S/C17H10Cl2N4O3S2/c18-12-5-9(14(19)28-12)11-7-27-16(20-11)22-13(24)6-23-15(25)8-3-1-2-4-10(8)21-17(23)26/h1-5,7H,6H2,(H,21,26)(H,20,22,24). The number of fused-ring (bicyclic) bond motifs is 1. The number of hydrogen-bond donors (Lipinski definition) is 2. The molecule has 0 atom stereocenters. The molecular formula is C17H10Cl2N4O3S2. The number of H-pyrrole nitrogens is 1. The molecule has 4 aromatic rings. The Kier molecular flexibility index (Phi) is 5.07. The van der Waals surface area contributed by atoms with E-state index in [4.69, 9.17) is 23.2 Å². The quantitative estimate of drug-likeness (QED) is 0.491. The average molecular weight is 453 g/mol. The van der Waals surface area contributed by atoms with Gasteiger partial charge in [-0.3, -0.25) is 14.2 Å². The first-order valence-corrected chi connectivity index (χ1v) is 10.3. The van der Waals surface area contributed by atoms with Crippen LogP contribution in [0.5, 0.6) is 0 Å². The van der Waals surface area contributed by atoms with Gasteiger partial charge in [0.15, 0.2) is 5.13 Å². The van der Waals surface area contributed by atoms with Gasteiger partial charge in [0, 0.05) is 10.9 Å². The predicted molar refractivity (Wildman–Crippen MR) is 113 cm³/mol. The molecule has 0 aliphatic heterocycles. The van der Waals surface area contributed by atoms with E-state index in [1.54, 1.807) is 35.7 Å². The lowest BCUT2D eigenvalue weighted by Crippen LogP contribution is -2.38. The van der Waals surface area contributed by atoms with E-state index in [-0.39, 0.29) is 0 Å². The summed E-state index contributed by atoms with van der Waals surface area (Å²) in [5.41, 5.74) is 0.488. The zero-order chi connectivity index (χ0) is 19.8. The third-order valence-corrected chi connectivity index (χ3v) is 6.12. The van der Waals surface area contributed by atoms with Gasteiger partial charge < -0.3 is 10.3 Å². The highest BCUT2D eigenvalue weighted by atomic mass is 35.5. The summed E-state index contributed by atoms with van der Waals surface area (Å²) in [6, 6.07) is 8.31. The first kappa shape index (κ1) is 18.9. The van der Waals surface area contributed by atoms with E-state index in [1.165, 1.54) is 22.7 Å². The molecule has 0 radical (unpaired) electrons. The summed E-state index contributed by atoms with van der Waals surface area (Å²) >= 11 is 14.5. The van der Waals surface area contributed by atoms with Crippen LogP contribution in [-0.4, -0.2) is 20.4 Å². The van der Waals surface area contributed by atoms with Crippen molar-refractivity contribution in [1.82, 2.24) is 14.5 Å². The number of carbonyl (C=O) groups excluding carboxylic acids is 1. The number of nitrogens with zero attached hydrogens (tertiary/aromatic N) is 2. The second-order valence-electron chi connectivity index (χ2n) is 5.69. The van der Waals surface area contributed by atoms with Crippen LogP contribution in [0.3, 0.4) is 0 Å². The second kappa shape index (κ2) is 7.51. The predicted octanol–water partition coefficient (Wildman–Crippen LogP) is 3.82. The Labute approximate surface area is 175 Å². The van der Waals surface area contributed by atoms with Crippen molar-refractivity contribution in [1.29, 1.82) is 0 Å². The summed E-state index contributed by atoms with van der Waals surface area (Å²) < 4.78 is 1.89. The Morgan fingerprint density at radius 2 is 2.04 bits per heavy atom. The molecule has 0 aliphatic rings. The maximum absolute atomic E-state index is 12.5. The molecular weight excluding hydrogens is 443 g/mol. The Balaban J connectivity index is 1.56. The molecule has 0 bridgehead atoms. The lowest BCUT2D eigenvalue weighted by atomic mass is 10.2. The van der Waals surface area contributed by atoms with Gasteiger partial charge in [-0.25, -0.2) is 9.78 Å². The number of benzene rings is 1. The fraction of sp³-hybridized carbons (Fsp3) is 0.0588. The van der Waals surface area contributed by atoms with Gasteiger partial charge in [0.25, 0.3) is 5.56 Å². The average Bonchev–Trinajstić information content (AvgIpc) is 3.24. The number of para-hydroxylation sites is 1. The number of hydrogen-bond acceptors (Lipinski definition) is 6. The third kappa shape index (κ3) is 3.61. The lowest BCUT2D eigenvalue weighted by Gasteiger charge is -2.06. The van der Waals surface area contributed by atoms with Crippen molar-refractivity contribution in [3.63, 3.8) is 0 Å². The van der Waals surface area contributed by atoms with Gasteiger partial charge in [-0.15, -0.1) is 22.7 Å². The highest BCUT2D eigenvalue weighted by Gasteiger charge is 2.15. The number of nitrogens with one attached hydrogen (secondary N) is 2. The molecule has 0 spiro atoms. The Bertz CT molecular complexity index is 1320. The van der Waals surface area contributed by atoms with Gasteiger partial charge in [-0.2, -0.15) is 0 Å². The zero-order valence-electron chi connectivity index (χ0n) is 13.9. The van der Waals surface area contributed by atoms with Crippen LogP contribution in [0.1, 0.15) is 0 Å². The van der Waals surface area contributed by atoms with E-state index in [1.807, 2.05) is 0 Å². The Morgan fingerprint density at radius 1 is 1.25 bits per heavy atom. The van der Waals surface area contributed by atoms with Crippen LogP contribution >= 0.6 is 45.9 Å². The van der Waals surface area contributed by atoms with Gasteiger partial charge in [-0.1, -0.05) is 35.3 Å². The molecule has 0 saturated carbocycles. The van der Waals surface area contributed by atoms with Gasteiger partial charge >= 0.3 is 5.69 Å². The summed E-state index contributed by atoms with van der Waals surface area (Å²) in [5.74, 6) is -0.543. The molecule has 3 aromatic heterocycles. The fourth-order valence-corrected chi connectivity index (χ4v) is 4.82. The number of amides is 1. The maximum atomic E-state index is 12.5. The van der Waals surface area contributed by atoms with Crippen LogP contribution in [-0.2, 0) is 11.3 Å². The largest absolute Gasteiger partial charge is 0.329 e. The molecule has 3 heterocycles. The van der Waals surface area contributed by atoms with E-state index in [9.17, 15) is 14.4 Å². The van der Waals surface area contributed by atoms with Crippen LogP contribution < -0.4 is 16.6 Å². The summed E-state index contributed by atoms with van der Waals surface area (Å²) in [7, 11) is 0. The van der Waals surface area contributed by atoms with E-state index in [0.717, 1.165) is 4.57 Å². The zero-order valence-corrected chi connectivity index (χ0v) is 17.0. The number of aromatic amines is 1. The smallest absolute Gasteiger partial charge is 0.307 e. The molecule has 11 heteroatoms. The van der Waals surface area contributed by atoms with Crippen molar-refractivity contribution < 1.29 is 4.79 Å². The molecule has 4 rings (SSSR count). The number of carbonyl (C=O) groups is 1. The minimum atomic E-state index is -0.654. The molecule has 0 fully saturated rings. The van der Waals surface area contributed by atoms with E-state index in [2.05, 4.69) is 15.3 Å². The SMILES string of the molecule is O=C(Cn1c(=O)[nH]c2ccccc2c1=O)Nc1nc(-c2cc(Cl)sc2Cl)cs1. The molecule has 1 amide bonds. The monoisotopic (exact) mass is 452 g/mol. The molecule has 0 unspecified atom stereocenters. The van der Waals surface area contributed by atoms with Crippen LogP contribution in [0.15, 0.2) is 45.3 Å². The van der Waals surface area contributed by atoms with Crippen LogP contribution in [0.25, 0.3) is 22.2 Å². The molecule has 0 saturated heterocycles. The van der Waals surface area contributed by atoms with Gasteiger partial charge in [0.1, 0.15) is 10.9 Å². The Hall–Kier alpha value is -2.46. The number of anilines is 1. The number of halogens is 2. The minimum absolute atomic E-state index is 0.323. The van der Waals surface area contributed by atoms with Gasteiger partial charge in [0.05, 0.1) is 20.9 Å². The normalized spacial score (nSPS) is 11.1. The lowest BCUT2D eigenvalue weighted by molar-refractivity contribution is -0.116. The van der Waals surface area contributed by atoms with E-state index in [0.29, 0.717) is 36.0 Å². The number of rotatable bonds is 4. The van der Waals surface area contributed by atoms with Crippen molar-refractivity contribution in [2.75, 3.05) is 5.32 Å². The topological polar surface area (TPSA) is 96.9 Å². The molecule has 1 aromatic carbocycles. The minimum Gasteiger partial charge on any atom is -0.307 e. The summed E-state index contributed by atoms with van der Waals surface area (Å²) in [5, 5.41) is 4.98. The highest BCUT2D eigenvalue weighted by molar-refractivity contribution is 7.20. The van der Waals surface area contributed by atoms with Crippen LogP contribution in [0.4, 0.5) is 5.13 Å². The summed E-state index contributed by atoms with van der Waals surface area (Å²) in [4.78, 5) is 43.9. The van der Waals surface area contributed by atoms with Crippen molar-refractivity contribution in [2.24, 2.45) is 0 Å². The number of thiazole rings is 1. The molecule has 2 N–H and O–H groups in total. The molecule has 7 nitrogen and oxygen atoms in total. The van der Waals surface area contributed by atoms with Crippen molar-refractivity contribution in [2.45, 2.75) is 6.54 Å². The van der Waals surface area contributed by atoms with Crippen molar-refractivity contribution >= 4 is 67.8 Å².